The zero-order valence-electron chi connectivity index (χ0n) is 9.72. The highest BCUT2D eigenvalue weighted by molar-refractivity contribution is 7.08. The Labute approximate surface area is 104 Å². The normalized spacial score (nSPS) is 20.1. The van der Waals surface area contributed by atoms with Gasteiger partial charge in [0.05, 0.1) is 18.6 Å². The Hall–Kier alpha value is -1.36. The molecule has 0 aliphatic carbocycles. The van der Waals surface area contributed by atoms with Crippen LogP contribution in [-0.2, 0) is 9.53 Å². The SMILES string of the molecule is COC(=O)[C@H]1CCCN(C(=O)c2ccsc2)C1. The molecule has 0 spiro atoms. The van der Waals surface area contributed by atoms with Crippen LogP contribution in [0.4, 0.5) is 0 Å². The topological polar surface area (TPSA) is 46.6 Å². The van der Waals surface area contributed by atoms with Crippen molar-refractivity contribution in [1.82, 2.24) is 4.90 Å². The fourth-order valence-electron chi connectivity index (χ4n) is 2.09. The van der Waals surface area contributed by atoms with Gasteiger partial charge in [-0.25, -0.2) is 0 Å². The first-order valence-electron chi connectivity index (χ1n) is 5.61. The highest BCUT2D eigenvalue weighted by atomic mass is 32.1. The molecule has 1 amide bonds. The molecule has 17 heavy (non-hydrogen) atoms. The fraction of sp³-hybridized carbons (Fsp3) is 0.500. The number of hydrogen-bond donors (Lipinski definition) is 0. The number of amides is 1. The maximum absolute atomic E-state index is 12.1. The molecule has 1 aromatic heterocycles. The van der Waals surface area contributed by atoms with Crippen molar-refractivity contribution in [3.8, 4) is 0 Å². The van der Waals surface area contributed by atoms with Crippen LogP contribution in [0.25, 0.3) is 0 Å². The molecular formula is C12H15NO3S. The molecule has 92 valence electrons. The van der Waals surface area contributed by atoms with Crippen molar-refractivity contribution in [3.63, 3.8) is 0 Å². The largest absolute Gasteiger partial charge is 0.469 e. The summed E-state index contributed by atoms with van der Waals surface area (Å²) < 4.78 is 4.73. The van der Waals surface area contributed by atoms with Crippen LogP contribution in [0, 0.1) is 5.92 Å². The number of carbonyl (C=O) groups excluding carboxylic acids is 2. The zero-order chi connectivity index (χ0) is 12.3. The van der Waals surface area contributed by atoms with Crippen LogP contribution in [0.3, 0.4) is 0 Å². The molecule has 2 rings (SSSR count). The molecule has 1 saturated heterocycles. The van der Waals surface area contributed by atoms with E-state index >= 15 is 0 Å². The Morgan fingerprint density at radius 2 is 2.35 bits per heavy atom. The van der Waals surface area contributed by atoms with E-state index in [-0.39, 0.29) is 17.8 Å². The van der Waals surface area contributed by atoms with Crippen molar-refractivity contribution in [2.24, 2.45) is 5.92 Å². The number of hydrogen-bond acceptors (Lipinski definition) is 4. The molecular weight excluding hydrogens is 238 g/mol. The van der Waals surface area contributed by atoms with Crippen molar-refractivity contribution in [1.29, 1.82) is 0 Å². The number of ether oxygens (including phenoxy) is 1. The van der Waals surface area contributed by atoms with E-state index in [2.05, 4.69) is 0 Å². The molecule has 1 aliphatic heterocycles. The third-order valence-electron chi connectivity index (χ3n) is 3.01. The summed E-state index contributed by atoms with van der Waals surface area (Å²) in [5, 5.41) is 3.72. The standard InChI is InChI=1S/C12H15NO3S/c1-16-12(15)9-3-2-5-13(7-9)11(14)10-4-6-17-8-10/h4,6,8-9H,2-3,5,7H2,1H3/t9-/m0/s1. The zero-order valence-corrected chi connectivity index (χ0v) is 10.5. The third kappa shape index (κ3) is 2.66. The summed E-state index contributed by atoms with van der Waals surface area (Å²) in [7, 11) is 1.39. The first kappa shape index (κ1) is 12.1. The lowest BCUT2D eigenvalue weighted by Crippen LogP contribution is -2.42. The second-order valence-corrected chi connectivity index (χ2v) is 4.91. The van der Waals surface area contributed by atoms with Crippen LogP contribution in [0.2, 0.25) is 0 Å². The third-order valence-corrected chi connectivity index (χ3v) is 3.69. The van der Waals surface area contributed by atoms with Crippen molar-refractivity contribution in [2.45, 2.75) is 12.8 Å². The highest BCUT2D eigenvalue weighted by Gasteiger charge is 2.29. The van der Waals surface area contributed by atoms with Crippen LogP contribution >= 0.6 is 11.3 Å². The predicted octanol–water partition coefficient (Wildman–Crippen LogP) is 1.77. The summed E-state index contributed by atoms with van der Waals surface area (Å²) in [5.74, 6) is -0.371. The Balaban J connectivity index is 2.02. The molecule has 0 radical (unpaired) electrons. The number of esters is 1. The summed E-state index contributed by atoms with van der Waals surface area (Å²) in [4.78, 5) is 25.3. The monoisotopic (exact) mass is 253 g/mol. The van der Waals surface area contributed by atoms with Gasteiger partial charge in [0.2, 0.25) is 0 Å². The Bertz CT molecular complexity index is 402. The van der Waals surface area contributed by atoms with Crippen molar-refractivity contribution in [2.75, 3.05) is 20.2 Å². The number of thiophene rings is 1. The van der Waals surface area contributed by atoms with Gasteiger partial charge in [0, 0.05) is 18.5 Å². The molecule has 4 nitrogen and oxygen atoms in total. The molecule has 0 bridgehead atoms. The van der Waals surface area contributed by atoms with Crippen molar-refractivity contribution < 1.29 is 14.3 Å². The molecule has 0 N–H and O–H groups in total. The van der Waals surface area contributed by atoms with Crippen molar-refractivity contribution >= 4 is 23.2 Å². The first-order valence-corrected chi connectivity index (χ1v) is 6.56. The van der Waals surface area contributed by atoms with E-state index in [1.807, 2.05) is 16.8 Å². The van der Waals surface area contributed by atoms with Gasteiger partial charge in [-0.05, 0) is 24.3 Å². The van der Waals surface area contributed by atoms with E-state index in [1.165, 1.54) is 18.4 Å². The number of carbonyl (C=O) groups is 2. The maximum atomic E-state index is 12.1. The molecule has 2 heterocycles. The molecule has 1 aliphatic rings. The van der Waals surface area contributed by atoms with E-state index in [4.69, 9.17) is 4.74 Å². The second kappa shape index (κ2) is 5.31. The van der Waals surface area contributed by atoms with Crippen LogP contribution in [0.15, 0.2) is 16.8 Å². The first-order chi connectivity index (χ1) is 8.22. The van der Waals surface area contributed by atoms with Gasteiger partial charge in [0.1, 0.15) is 0 Å². The number of nitrogens with zero attached hydrogens (tertiary/aromatic N) is 1. The van der Waals surface area contributed by atoms with Gasteiger partial charge in [-0.15, -0.1) is 0 Å². The number of methoxy groups -OCH3 is 1. The van der Waals surface area contributed by atoms with Gasteiger partial charge in [-0.1, -0.05) is 0 Å². The molecule has 1 aromatic rings. The molecule has 1 atom stereocenters. The minimum Gasteiger partial charge on any atom is -0.469 e. The average Bonchev–Trinajstić information content (AvgIpc) is 2.91. The number of rotatable bonds is 2. The van der Waals surface area contributed by atoms with Gasteiger partial charge in [-0.3, -0.25) is 9.59 Å². The van der Waals surface area contributed by atoms with Gasteiger partial charge in [0.15, 0.2) is 0 Å². The van der Waals surface area contributed by atoms with Gasteiger partial charge >= 0.3 is 5.97 Å². The summed E-state index contributed by atoms with van der Waals surface area (Å²) in [6.45, 7) is 1.20. The minimum atomic E-state index is -0.215. The minimum absolute atomic E-state index is 0.0138. The Kier molecular flexibility index (Phi) is 3.78. The quantitative estimate of drug-likeness (QED) is 0.755. The van der Waals surface area contributed by atoms with E-state index < -0.39 is 0 Å². The van der Waals surface area contributed by atoms with Gasteiger partial charge < -0.3 is 9.64 Å². The summed E-state index contributed by atoms with van der Waals surface area (Å²) in [5.41, 5.74) is 0.709. The molecule has 1 fully saturated rings. The molecule has 0 aromatic carbocycles. The Morgan fingerprint density at radius 3 is 3.00 bits per heavy atom. The number of likely N-dealkylation sites (tertiary alicyclic amines) is 1. The highest BCUT2D eigenvalue weighted by Crippen LogP contribution is 2.20. The lowest BCUT2D eigenvalue weighted by Gasteiger charge is -2.31. The van der Waals surface area contributed by atoms with E-state index in [9.17, 15) is 9.59 Å². The predicted molar refractivity (Wildman–Crippen MR) is 65.0 cm³/mol. The lowest BCUT2D eigenvalue weighted by atomic mass is 9.98. The van der Waals surface area contributed by atoms with Crippen LogP contribution in [0.5, 0.6) is 0 Å². The van der Waals surface area contributed by atoms with E-state index in [0.29, 0.717) is 12.1 Å². The summed E-state index contributed by atoms with van der Waals surface area (Å²) in [6.07, 6.45) is 1.66. The fourth-order valence-corrected chi connectivity index (χ4v) is 2.72. The molecule has 0 unspecified atom stereocenters. The lowest BCUT2D eigenvalue weighted by molar-refractivity contribution is -0.146. The van der Waals surface area contributed by atoms with Crippen molar-refractivity contribution in [3.05, 3.63) is 22.4 Å². The smallest absolute Gasteiger partial charge is 0.310 e. The van der Waals surface area contributed by atoms with Crippen LogP contribution < -0.4 is 0 Å². The van der Waals surface area contributed by atoms with Crippen LogP contribution in [0.1, 0.15) is 23.2 Å². The van der Waals surface area contributed by atoms with E-state index in [0.717, 1.165) is 19.4 Å². The summed E-state index contributed by atoms with van der Waals surface area (Å²) in [6, 6.07) is 1.81. The second-order valence-electron chi connectivity index (χ2n) is 4.13. The molecule has 5 heteroatoms. The number of piperidine rings is 1. The average molecular weight is 253 g/mol. The maximum Gasteiger partial charge on any atom is 0.310 e. The van der Waals surface area contributed by atoms with Crippen LogP contribution in [-0.4, -0.2) is 37.0 Å². The molecule has 0 saturated carbocycles. The Morgan fingerprint density at radius 1 is 1.53 bits per heavy atom. The van der Waals surface area contributed by atoms with Gasteiger partial charge in [-0.2, -0.15) is 11.3 Å². The van der Waals surface area contributed by atoms with Gasteiger partial charge in [0.25, 0.3) is 5.91 Å². The van der Waals surface area contributed by atoms with E-state index in [1.54, 1.807) is 4.90 Å². The summed E-state index contributed by atoms with van der Waals surface area (Å²) >= 11 is 1.50.